The lowest BCUT2D eigenvalue weighted by Crippen LogP contribution is -2.52. The normalized spacial score (nSPS) is 12.6. The topological polar surface area (TPSA) is 49.4 Å². The predicted molar refractivity (Wildman–Crippen MR) is 141 cm³/mol. The van der Waals surface area contributed by atoms with Crippen molar-refractivity contribution in [2.24, 2.45) is 0 Å². The Balaban J connectivity index is 1.98. The largest absolute Gasteiger partial charge is 0.352 e. The van der Waals surface area contributed by atoms with Crippen LogP contribution >= 0.6 is 15.9 Å². The van der Waals surface area contributed by atoms with Crippen molar-refractivity contribution >= 4 is 27.7 Å². The van der Waals surface area contributed by atoms with E-state index < -0.39 is 6.04 Å². The first-order valence-corrected chi connectivity index (χ1v) is 12.6. The molecule has 0 aliphatic carbocycles. The molecule has 0 aromatic heterocycles. The van der Waals surface area contributed by atoms with Gasteiger partial charge in [-0.25, -0.2) is 0 Å². The van der Waals surface area contributed by atoms with Gasteiger partial charge in [-0.05, 0) is 54.7 Å². The van der Waals surface area contributed by atoms with Gasteiger partial charge in [0, 0.05) is 23.5 Å². The van der Waals surface area contributed by atoms with Crippen LogP contribution in [-0.4, -0.2) is 28.8 Å². The number of aryl methyl sites for hydroxylation is 1. The number of amides is 2. The van der Waals surface area contributed by atoms with E-state index in [1.54, 1.807) is 4.90 Å². The maximum atomic E-state index is 13.8. The summed E-state index contributed by atoms with van der Waals surface area (Å²) in [5.41, 5.74) is 4.05. The SMILES string of the molecule is CC[C@H](C)NC(=O)[C@H](Cc1ccccc1)N(Cc1cccc(Br)c1)C(=O)Cc1ccccc1C. The van der Waals surface area contributed by atoms with Crippen LogP contribution in [0.15, 0.2) is 83.3 Å². The van der Waals surface area contributed by atoms with Crippen LogP contribution in [0.3, 0.4) is 0 Å². The first-order chi connectivity index (χ1) is 16.4. The number of carbonyl (C=O) groups is 2. The van der Waals surface area contributed by atoms with Crippen molar-refractivity contribution in [3.63, 3.8) is 0 Å². The van der Waals surface area contributed by atoms with E-state index in [1.165, 1.54) is 0 Å². The Morgan fingerprint density at radius 3 is 2.29 bits per heavy atom. The van der Waals surface area contributed by atoms with Gasteiger partial charge in [-0.1, -0.05) is 89.6 Å². The van der Waals surface area contributed by atoms with E-state index in [2.05, 4.69) is 21.2 Å². The molecule has 0 bridgehead atoms. The Morgan fingerprint density at radius 2 is 1.62 bits per heavy atom. The highest BCUT2D eigenvalue weighted by Crippen LogP contribution is 2.20. The number of rotatable bonds is 10. The molecule has 0 aliphatic heterocycles. The summed E-state index contributed by atoms with van der Waals surface area (Å²) >= 11 is 3.53. The lowest BCUT2D eigenvalue weighted by atomic mass is 10.00. The first-order valence-electron chi connectivity index (χ1n) is 11.8. The fraction of sp³-hybridized carbons (Fsp3) is 0.310. The summed E-state index contributed by atoms with van der Waals surface area (Å²) in [6, 6.07) is 25.1. The van der Waals surface area contributed by atoms with Gasteiger partial charge in [0.15, 0.2) is 0 Å². The minimum Gasteiger partial charge on any atom is -0.352 e. The molecular formula is C29H33BrN2O2. The molecule has 0 unspecified atom stereocenters. The van der Waals surface area contributed by atoms with Crippen LogP contribution in [0.25, 0.3) is 0 Å². The Kier molecular flexibility index (Phi) is 9.46. The molecule has 2 amide bonds. The van der Waals surface area contributed by atoms with Gasteiger partial charge >= 0.3 is 0 Å². The molecule has 0 saturated heterocycles. The van der Waals surface area contributed by atoms with Gasteiger partial charge in [0.2, 0.25) is 11.8 Å². The number of nitrogens with one attached hydrogen (secondary N) is 1. The molecule has 34 heavy (non-hydrogen) atoms. The van der Waals surface area contributed by atoms with Crippen LogP contribution in [0.5, 0.6) is 0 Å². The average Bonchev–Trinajstić information content (AvgIpc) is 2.83. The molecular weight excluding hydrogens is 488 g/mol. The zero-order valence-electron chi connectivity index (χ0n) is 20.1. The molecule has 0 heterocycles. The van der Waals surface area contributed by atoms with Crippen LogP contribution in [0.1, 0.15) is 42.5 Å². The van der Waals surface area contributed by atoms with Crippen LogP contribution < -0.4 is 5.32 Å². The molecule has 3 rings (SSSR count). The predicted octanol–water partition coefficient (Wildman–Crippen LogP) is 5.85. The van der Waals surface area contributed by atoms with E-state index >= 15 is 0 Å². The fourth-order valence-corrected chi connectivity index (χ4v) is 4.35. The van der Waals surface area contributed by atoms with Gasteiger partial charge in [-0.2, -0.15) is 0 Å². The second kappa shape index (κ2) is 12.5. The van der Waals surface area contributed by atoms with Crippen LogP contribution in [-0.2, 0) is 29.0 Å². The number of carbonyl (C=O) groups excluding carboxylic acids is 2. The molecule has 0 saturated carbocycles. The molecule has 2 atom stereocenters. The summed E-state index contributed by atoms with van der Waals surface area (Å²) in [5, 5.41) is 3.12. The van der Waals surface area contributed by atoms with Gasteiger partial charge in [-0.3, -0.25) is 9.59 Å². The Labute approximate surface area is 211 Å². The molecule has 3 aromatic rings. The van der Waals surface area contributed by atoms with Crippen molar-refractivity contribution in [3.8, 4) is 0 Å². The van der Waals surface area contributed by atoms with Gasteiger partial charge in [0.25, 0.3) is 0 Å². The van der Waals surface area contributed by atoms with Crippen molar-refractivity contribution in [2.75, 3.05) is 0 Å². The van der Waals surface area contributed by atoms with Gasteiger partial charge < -0.3 is 10.2 Å². The smallest absolute Gasteiger partial charge is 0.243 e. The number of hydrogen-bond donors (Lipinski definition) is 1. The Morgan fingerprint density at radius 1 is 0.941 bits per heavy atom. The highest BCUT2D eigenvalue weighted by atomic mass is 79.9. The number of nitrogens with zero attached hydrogens (tertiary/aromatic N) is 1. The third-order valence-corrected chi connectivity index (χ3v) is 6.61. The summed E-state index contributed by atoms with van der Waals surface area (Å²) in [6.07, 6.45) is 1.53. The molecule has 0 radical (unpaired) electrons. The maximum Gasteiger partial charge on any atom is 0.243 e. The van der Waals surface area contributed by atoms with E-state index in [0.29, 0.717) is 13.0 Å². The Hall–Kier alpha value is -2.92. The second-order valence-electron chi connectivity index (χ2n) is 8.78. The molecule has 4 nitrogen and oxygen atoms in total. The van der Waals surface area contributed by atoms with Crippen LogP contribution in [0.2, 0.25) is 0 Å². The van der Waals surface area contributed by atoms with Crippen molar-refractivity contribution in [2.45, 2.75) is 58.7 Å². The standard InChI is InChI=1S/C29H33BrN2O2/c1-4-22(3)31-29(34)27(18-23-12-6-5-7-13-23)32(20-24-14-10-16-26(30)17-24)28(33)19-25-15-9-8-11-21(25)2/h5-17,22,27H,4,18-20H2,1-3H3,(H,31,34)/t22-,27-/m0/s1. The Bertz CT molecular complexity index is 1100. The third-order valence-electron chi connectivity index (χ3n) is 6.12. The van der Waals surface area contributed by atoms with Crippen molar-refractivity contribution in [1.29, 1.82) is 0 Å². The average molecular weight is 521 g/mol. The van der Waals surface area contributed by atoms with Crippen LogP contribution in [0, 0.1) is 6.92 Å². The zero-order valence-corrected chi connectivity index (χ0v) is 21.7. The number of hydrogen-bond acceptors (Lipinski definition) is 2. The monoisotopic (exact) mass is 520 g/mol. The van der Waals surface area contributed by atoms with Crippen molar-refractivity contribution < 1.29 is 9.59 Å². The molecule has 1 N–H and O–H groups in total. The molecule has 0 aliphatic rings. The van der Waals surface area contributed by atoms with Gasteiger partial charge in [0.05, 0.1) is 6.42 Å². The minimum atomic E-state index is -0.619. The lowest BCUT2D eigenvalue weighted by molar-refractivity contribution is -0.141. The molecule has 178 valence electrons. The second-order valence-corrected chi connectivity index (χ2v) is 9.69. The van der Waals surface area contributed by atoms with E-state index in [4.69, 9.17) is 0 Å². The van der Waals surface area contributed by atoms with Crippen molar-refractivity contribution in [1.82, 2.24) is 10.2 Å². The van der Waals surface area contributed by atoms with E-state index in [-0.39, 0.29) is 24.3 Å². The quantitative estimate of drug-likeness (QED) is 0.364. The summed E-state index contributed by atoms with van der Waals surface area (Å²) < 4.78 is 0.944. The van der Waals surface area contributed by atoms with E-state index in [0.717, 1.165) is 33.1 Å². The summed E-state index contributed by atoms with van der Waals surface area (Å²) in [7, 11) is 0. The van der Waals surface area contributed by atoms with E-state index in [9.17, 15) is 9.59 Å². The van der Waals surface area contributed by atoms with Crippen LogP contribution in [0.4, 0.5) is 0 Å². The summed E-state index contributed by atoms with van der Waals surface area (Å²) in [5.74, 6) is -0.180. The van der Waals surface area contributed by atoms with Gasteiger partial charge in [0.1, 0.15) is 6.04 Å². The van der Waals surface area contributed by atoms with E-state index in [1.807, 2.05) is 99.6 Å². The lowest BCUT2D eigenvalue weighted by Gasteiger charge is -2.32. The zero-order chi connectivity index (χ0) is 24.5. The molecule has 0 fully saturated rings. The highest BCUT2D eigenvalue weighted by molar-refractivity contribution is 9.10. The van der Waals surface area contributed by atoms with Crippen molar-refractivity contribution in [3.05, 3.63) is 106 Å². The first kappa shape index (κ1) is 25.7. The fourth-order valence-electron chi connectivity index (χ4n) is 3.90. The number of benzene rings is 3. The molecule has 0 spiro atoms. The molecule has 5 heteroatoms. The third kappa shape index (κ3) is 7.29. The molecule has 3 aromatic carbocycles. The summed E-state index contributed by atoms with van der Waals surface area (Å²) in [4.78, 5) is 29.1. The highest BCUT2D eigenvalue weighted by Gasteiger charge is 2.31. The summed E-state index contributed by atoms with van der Waals surface area (Å²) in [6.45, 7) is 6.40. The number of halogens is 1. The van der Waals surface area contributed by atoms with Gasteiger partial charge in [-0.15, -0.1) is 0 Å². The minimum absolute atomic E-state index is 0.0324. The maximum absolute atomic E-state index is 13.8.